The maximum atomic E-state index is 4.21. The average molecular weight is 205 g/mol. The van der Waals surface area contributed by atoms with Crippen molar-refractivity contribution in [2.24, 2.45) is 11.8 Å². The van der Waals surface area contributed by atoms with Crippen molar-refractivity contribution in [3.63, 3.8) is 0 Å². The van der Waals surface area contributed by atoms with Crippen molar-refractivity contribution in [3.05, 3.63) is 17.7 Å². The molecule has 2 aliphatic rings. The molecule has 1 heterocycles. The highest BCUT2D eigenvalue weighted by Crippen LogP contribution is 2.44. The minimum Gasteiger partial charge on any atom is -0.345 e. The maximum Gasteiger partial charge on any atom is 0.103 e. The topological polar surface area (TPSA) is 40.7 Å². The normalized spacial score (nSPS) is 33.8. The van der Waals surface area contributed by atoms with E-state index in [-0.39, 0.29) is 0 Å². The van der Waals surface area contributed by atoms with Gasteiger partial charge in [-0.2, -0.15) is 0 Å². The second kappa shape index (κ2) is 3.63. The smallest absolute Gasteiger partial charge is 0.103 e. The van der Waals surface area contributed by atoms with Gasteiger partial charge in [0.15, 0.2) is 0 Å². The van der Waals surface area contributed by atoms with E-state index in [9.17, 15) is 0 Å². The van der Waals surface area contributed by atoms with Crippen LogP contribution in [0.2, 0.25) is 0 Å². The molecule has 0 saturated heterocycles. The summed E-state index contributed by atoms with van der Waals surface area (Å²) < 4.78 is 0. The van der Waals surface area contributed by atoms with Gasteiger partial charge in [-0.3, -0.25) is 0 Å². The number of nitrogens with one attached hydrogen (secondary N) is 2. The van der Waals surface area contributed by atoms with Crippen LogP contribution in [0.4, 0.5) is 0 Å². The van der Waals surface area contributed by atoms with Crippen molar-refractivity contribution in [2.45, 2.75) is 45.2 Å². The highest BCUT2D eigenvalue weighted by atomic mass is 15.0. The van der Waals surface area contributed by atoms with Crippen LogP contribution in [-0.2, 0) is 6.54 Å². The van der Waals surface area contributed by atoms with Gasteiger partial charge in [0, 0.05) is 24.5 Å². The number of aryl methyl sites for hydroxylation is 1. The van der Waals surface area contributed by atoms with Crippen LogP contribution in [0, 0.1) is 18.8 Å². The number of H-pyrrole nitrogens is 1. The van der Waals surface area contributed by atoms with E-state index in [4.69, 9.17) is 0 Å². The van der Waals surface area contributed by atoms with E-state index in [0.717, 1.165) is 30.2 Å². The van der Waals surface area contributed by atoms with E-state index in [1.165, 1.54) is 31.4 Å². The fourth-order valence-corrected chi connectivity index (χ4v) is 3.30. The molecule has 3 nitrogen and oxygen atoms in total. The second-order valence-electron chi connectivity index (χ2n) is 5.16. The van der Waals surface area contributed by atoms with Gasteiger partial charge in [-0.1, -0.05) is 6.42 Å². The number of aromatic nitrogens is 2. The number of nitrogens with zero attached hydrogens (tertiary/aromatic N) is 1. The Morgan fingerprint density at radius 3 is 3.00 bits per heavy atom. The van der Waals surface area contributed by atoms with Crippen molar-refractivity contribution < 1.29 is 0 Å². The van der Waals surface area contributed by atoms with E-state index in [0.29, 0.717) is 0 Å². The molecule has 15 heavy (non-hydrogen) atoms. The molecule has 2 aliphatic carbocycles. The first-order chi connectivity index (χ1) is 7.31. The summed E-state index contributed by atoms with van der Waals surface area (Å²) in [4.78, 5) is 7.48. The number of rotatable bonds is 3. The van der Waals surface area contributed by atoms with Crippen molar-refractivity contribution >= 4 is 0 Å². The Morgan fingerprint density at radius 2 is 2.40 bits per heavy atom. The van der Waals surface area contributed by atoms with E-state index < -0.39 is 0 Å². The summed E-state index contributed by atoms with van der Waals surface area (Å²) in [5, 5.41) is 3.67. The minimum absolute atomic E-state index is 0.771. The zero-order chi connectivity index (χ0) is 10.3. The molecule has 1 aromatic heterocycles. The van der Waals surface area contributed by atoms with Gasteiger partial charge in [0.1, 0.15) is 5.82 Å². The van der Waals surface area contributed by atoms with Crippen molar-refractivity contribution in [1.29, 1.82) is 0 Å². The fourth-order valence-electron chi connectivity index (χ4n) is 3.30. The van der Waals surface area contributed by atoms with Crippen LogP contribution in [0.25, 0.3) is 0 Å². The third-order valence-electron chi connectivity index (χ3n) is 4.05. The largest absolute Gasteiger partial charge is 0.345 e. The molecule has 0 amide bonds. The van der Waals surface area contributed by atoms with Crippen LogP contribution < -0.4 is 5.32 Å². The molecule has 3 rings (SSSR count). The molecule has 82 valence electrons. The Balaban J connectivity index is 1.54. The first-order valence-corrected chi connectivity index (χ1v) is 6.05. The Morgan fingerprint density at radius 1 is 1.47 bits per heavy atom. The molecule has 3 atom stereocenters. The molecule has 3 unspecified atom stereocenters. The molecule has 2 bridgehead atoms. The summed E-state index contributed by atoms with van der Waals surface area (Å²) in [7, 11) is 0. The molecule has 0 spiro atoms. The highest BCUT2D eigenvalue weighted by molar-refractivity contribution is 5.01. The van der Waals surface area contributed by atoms with Gasteiger partial charge in [-0.25, -0.2) is 4.98 Å². The fraction of sp³-hybridized carbons (Fsp3) is 0.750. The SMILES string of the molecule is Cc1ncc(CNC2CC3CCC2C3)[nH]1. The molecular weight excluding hydrogens is 186 g/mol. The molecule has 0 radical (unpaired) electrons. The highest BCUT2D eigenvalue weighted by Gasteiger charge is 2.38. The van der Waals surface area contributed by atoms with Crippen LogP contribution in [0.1, 0.15) is 37.2 Å². The van der Waals surface area contributed by atoms with Gasteiger partial charge in [0.25, 0.3) is 0 Å². The van der Waals surface area contributed by atoms with Gasteiger partial charge in [-0.15, -0.1) is 0 Å². The molecule has 0 aliphatic heterocycles. The zero-order valence-corrected chi connectivity index (χ0v) is 9.29. The maximum absolute atomic E-state index is 4.21. The first-order valence-electron chi connectivity index (χ1n) is 6.05. The number of imidazole rings is 1. The third-order valence-corrected chi connectivity index (χ3v) is 4.05. The summed E-state index contributed by atoms with van der Waals surface area (Å²) in [6.07, 6.45) is 7.74. The van der Waals surface area contributed by atoms with Crippen LogP contribution >= 0.6 is 0 Å². The molecule has 2 N–H and O–H groups in total. The Kier molecular flexibility index (Phi) is 2.28. The molecule has 0 aromatic carbocycles. The van der Waals surface area contributed by atoms with Crippen LogP contribution in [0.15, 0.2) is 6.20 Å². The van der Waals surface area contributed by atoms with Gasteiger partial charge in [0.05, 0.1) is 0 Å². The number of hydrogen-bond acceptors (Lipinski definition) is 2. The van der Waals surface area contributed by atoms with Crippen molar-refractivity contribution in [3.8, 4) is 0 Å². The quantitative estimate of drug-likeness (QED) is 0.792. The molecule has 1 aromatic rings. The van der Waals surface area contributed by atoms with Gasteiger partial charge >= 0.3 is 0 Å². The second-order valence-corrected chi connectivity index (χ2v) is 5.16. The third kappa shape index (κ3) is 1.81. The lowest BCUT2D eigenvalue weighted by atomic mass is 9.95. The molecule has 3 heteroatoms. The minimum atomic E-state index is 0.771. The Bertz CT molecular complexity index is 344. The number of hydrogen-bond donors (Lipinski definition) is 2. The lowest BCUT2D eigenvalue weighted by Gasteiger charge is -2.22. The van der Waals surface area contributed by atoms with Crippen molar-refractivity contribution in [2.75, 3.05) is 0 Å². The summed E-state index contributed by atoms with van der Waals surface area (Å²) in [6, 6.07) is 0.771. The summed E-state index contributed by atoms with van der Waals surface area (Å²) in [6.45, 7) is 2.95. The van der Waals surface area contributed by atoms with Crippen molar-refractivity contribution in [1.82, 2.24) is 15.3 Å². The van der Waals surface area contributed by atoms with E-state index in [1.54, 1.807) is 0 Å². The molecular formula is C12H19N3. The van der Waals surface area contributed by atoms with Crippen LogP contribution in [0.5, 0.6) is 0 Å². The number of fused-ring (bicyclic) bond motifs is 2. The zero-order valence-electron chi connectivity index (χ0n) is 9.29. The predicted molar refractivity (Wildman–Crippen MR) is 59.4 cm³/mol. The Labute approximate surface area is 90.7 Å². The number of aromatic amines is 1. The van der Waals surface area contributed by atoms with Gasteiger partial charge in [0.2, 0.25) is 0 Å². The van der Waals surface area contributed by atoms with E-state index >= 15 is 0 Å². The van der Waals surface area contributed by atoms with Gasteiger partial charge < -0.3 is 10.3 Å². The summed E-state index contributed by atoms with van der Waals surface area (Å²) in [5.41, 5.74) is 1.22. The lowest BCUT2D eigenvalue weighted by Crippen LogP contribution is -2.33. The monoisotopic (exact) mass is 205 g/mol. The van der Waals surface area contributed by atoms with Crippen LogP contribution in [-0.4, -0.2) is 16.0 Å². The average Bonchev–Trinajstić information content (AvgIpc) is 2.90. The Hall–Kier alpha value is -0.830. The summed E-state index contributed by atoms with van der Waals surface area (Å²) >= 11 is 0. The van der Waals surface area contributed by atoms with Crippen LogP contribution in [0.3, 0.4) is 0 Å². The standard InChI is InChI=1S/C12H19N3/c1-8-13-6-11(15-8)7-14-12-5-9-2-3-10(12)4-9/h6,9-10,12,14H,2-5,7H2,1H3,(H,13,15). The lowest BCUT2D eigenvalue weighted by molar-refractivity contribution is 0.349. The van der Waals surface area contributed by atoms with E-state index in [1.807, 2.05) is 13.1 Å². The molecule has 2 saturated carbocycles. The first kappa shape index (κ1) is 9.40. The molecule has 2 fully saturated rings. The summed E-state index contributed by atoms with van der Waals surface area (Å²) in [5.74, 6) is 3.00. The predicted octanol–water partition coefficient (Wildman–Crippen LogP) is 2.00. The van der Waals surface area contributed by atoms with Gasteiger partial charge in [-0.05, 0) is 38.0 Å². The van der Waals surface area contributed by atoms with E-state index in [2.05, 4.69) is 15.3 Å².